The van der Waals surface area contributed by atoms with Crippen molar-refractivity contribution in [3.05, 3.63) is 84.6 Å². The van der Waals surface area contributed by atoms with Crippen molar-refractivity contribution in [2.45, 2.75) is 18.9 Å². The van der Waals surface area contributed by atoms with Crippen LogP contribution in [0.5, 0.6) is 0 Å². The van der Waals surface area contributed by atoms with E-state index in [9.17, 15) is 18.7 Å². The van der Waals surface area contributed by atoms with Crippen LogP contribution < -0.4 is 5.32 Å². The van der Waals surface area contributed by atoms with Crippen LogP contribution in [0.4, 0.5) is 14.6 Å². The lowest BCUT2D eigenvalue weighted by molar-refractivity contribution is 0.102. The van der Waals surface area contributed by atoms with Gasteiger partial charge < -0.3 is 19.9 Å². The lowest BCUT2D eigenvalue weighted by Crippen LogP contribution is -2.36. The van der Waals surface area contributed by atoms with Gasteiger partial charge in [0.05, 0.1) is 30.5 Å². The van der Waals surface area contributed by atoms with E-state index in [4.69, 9.17) is 10.1 Å². The van der Waals surface area contributed by atoms with Crippen LogP contribution >= 0.6 is 0 Å². The number of amides is 1. The molecule has 2 N–H and O–H groups in total. The van der Waals surface area contributed by atoms with Crippen molar-refractivity contribution >= 4 is 17.4 Å². The number of anilines is 1. The highest BCUT2D eigenvalue weighted by atomic mass is 19.1. The first kappa shape index (κ1) is 25.7. The fourth-order valence-electron chi connectivity index (χ4n) is 5.07. The van der Waals surface area contributed by atoms with E-state index in [2.05, 4.69) is 24.8 Å². The van der Waals surface area contributed by atoms with Gasteiger partial charge in [-0.25, -0.2) is 23.9 Å². The molecule has 4 aromatic heterocycles. The molecule has 10 nitrogen and oxygen atoms in total. The quantitative estimate of drug-likeness (QED) is 0.300. The van der Waals surface area contributed by atoms with Gasteiger partial charge in [-0.15, -0.1) is 0 Å². The number of aliphatic hydroxyl groups is 1. The topological polar surface area (TPSA) is 113 Å². The van der Waals surface area contributed by atoms with Gasteiger partial charge in [-0.2, -0.15) is 9.49 Å². The molecule has 5 heterocycles. The van der Waals surface area contributed by atoms with Crippen LogP contribution in [0.1, 0.15) is 29.2 Å². The lowest BCUT2D eigenvalue weighted by Gasteiger charge is -2.32. The molecule has 0 aliphatic carbocycles. The maximum atomic E-state index is 13.7. The highest BCUT2D eigenvalue weighted by Crippen LogP contribution is 2.35. The molecule has 6 rings (SSSR count). The predicted molar refractivity (Wildman–Crippen MR) is 144 cm³/mol. The Morgan fingerprint density at radius 1 is 1.05 bits per heavy atom. The van der Waals surface area contributed by atoms with E-state index >= 15 is 0 Å². The Hall–Kier alpha value is -4.55. The molecule has 12 heteroatoms. The fraction of sp³-hybridized carbons (Fsp3) is 0.250. The second-order valence-electron chi connectivity index (χ2n) is 9.62. The van der Waals surface area contributed by atoms with E-state index < -0.39 is 11.9 Å². The number of β-amino-alcohol motifs (C(OH)–C–C–N with tert-alkyl or cyclic N) is 1. The minimum atomic E-state index is -0.749. The van der Waals surface area contributed by atoms with Crippen LogP contribution in [0.15, 0.2) is 67.3 Å². The van der Waals surface area contributed by atoms with E-state index in [-0.39, 0.29) is 29.8 Å². The van der Waals surface area contributed by atoms with Gasteiger partial charge in [0.15, 0.2) is 11.5 Å². The third-order valence-corrected chi connectivity index (χ3v) is 7.07. The first-order valence-electron chi connectivity index (χ1n) is 12.9. The second kappa shape index (κ2) is 10.9. The summed E-state index contributed by atoms with van der Waals surface area (Å²) in [5.74, 6) is -1.34. The number of carbonyl (C=O) groups is 1. The third-order valence-electron chi connectivity index (χ3n) is 7.07. The summed E-state index contributed by atoms with van der Waals surface area (Å²) in [5, 5.41) is 16.8. The van der Waals surface area contributed by atoms with Gasteiger partial charge in [0.2, 0.25) is 5.95 Å². The normalized spacial score (nSPS) is 14.6. The number of fused-ring (bicyclic) bond motifs is 1. The first-order chi connectivity index (χ1) is 19.5. The molecule has 0 saturated carbocycles. The van der Waals surface area contributed by atoms with Crippen molar-refractivity contribution in [3.8, 4) is 22.6 Å². The zero-order chi connectivity index (χ0) is 27.6. The molecule has 0 radical (unpaired) electrons. The van der Waals surface area contributed by atoms with E-state index in [1.165, 1.54) is 24.4 Å². The van der Waals surface area contributed by atoms with Crippen molar-refractivity contribution in [1.82, 2.24) is 34.0 Å². The molecule has 0 unspecified atom stereocenters. The number of piperidine rings is 1. The van der Waals surface area contributed by atoms with Crippen LogP contribution in [0.2, 0.25) is 0 Å². The minimum absolute atomic E-state index is 0.121. The summed E-state index contributed by atoms with van der Waals surface area (Å²) in [4.78, 5) is 27.4. The highest BCUT2D eigenvalue weighted by Gasteiger charge is 2.26. The molecule has 1 fully saturated rings. The van der Waals surface area contributed by atoms with E-state index in [0.717, 1.165) is 43.3 Å². The van der Waals surface area contributed by atoms with Crippen LogP contribution in [0, 0.1) is 11.8 Å². The molecule has 40 heavy (non-hydrogen) atoms. The maximum Gasteiger partial charge on any atom is 0.257 e. The van der Waals surface area contributed by atoms with Gasteiger partial charge in [0.25, 0.3) is 5.91 Å². The molecule has 1 aromatic carbocycles. The number of aromatic nitrogens is 6. The number of likely N-dealkylation sites (tertiary alicyclic amines) is 1. The summed E-state index contributed by atoms with van der Waals surface area (Å²) >= 11 is 0. The smallest absolute Gasteiger partial charge is 0.257 e. The molecule has 5 aromatic rings. The van der Waals surface area contributed by atoms with Gasteiger partial charge in [-0.3, -0.25) is 4.79 Å². The van der Waals surface area contributed by atoms with Crippen LogP contribution in [0.25, 0.3) is 28.3 Å². The summed E-state index contributed by atoms with van der Waals surface area (Å²) < 4.78 is 30.8. The molecule has 0 spiro atoms. The Balaban J connectivity index is 1.35. The Morgan fingerprint density at radius 2 is 1.85 bits per heavy atom. The maximum absolute atomic E-state index is 13.7. The summed E-state index contributed by atoms with van der Waals surface area (Å²) in [5.41, 5.74) is 3.49. The number of nitrogens with one attached hydrogen (secondary N) is 1. The van der Waals surface area contributed by atoms with Gasteiger partial charge in [0, 0.05) is 49.1 Å². The van der Waals surface area contributed by atoms with Gasteiger partial charge in [-0.1, -0.05) is 0 Å². The number of carbonyl (C=O) groups excluding carboxylic acids is 1. The third kappa shape index (κ3) is 5.18. The average molecular weight is 545 g/mol. The Labute approximate surface area is 227 Å². The predicted octanol–water partition coefficient (Wildman–Crippen LogP) is 3.81. The Kier molecular flexibility index (Phi) is 7.01. The number of hydrogen-bond donors (Lipinski definition) is 2. The highest BCUT2D eigenvalue weighted by molar-refractivity contribution is 6.03. The first-order valence-corrected chi connectivity index (χ1v) is 12.9. The second-order valence-corrected chi connectivity index (χ2v) is 9.62. The van der Waals surface area contributed by atoms with Gasteiger partial charge in [0.1, 0.15) is 11.5 Å². The number of benzene rings is 1. The van der Waals surface area contributed by atoms with Gasteiger partial charge in [-0.05, 0) is 55.3 Å². The van der Waals surface area contributed by atoms with Gasteiger partial charge >= 0.3 is 0 Å². The summed E-state index contributed by atoms with van der Waals surface area (Å²) in [6, 6.07) is 12.5. The molecule has 1 aliphatic rings. The molecular formula is C28H26F2N8O2. The zero-order valence-electron chi connectivity index (χ0n) is 21.4. The molecule has 1 saturated heterocycles. The molecule has 1 aliphatic heterocycles. The van der Waals surface area contributed by atoms with Crippen molar-refractivity contribution in [1.29, 1.82) is 0 Å². The Bertz CT molecular complexity index is 1660. The number of aliphatic hydroxyl groups excluding tert-OH is 1. The van der Waals surface area contributed by atoms with Crippen LogP contribution in [-0.4, -0.2) is 71.3 Å². The van der Waals surface area contributed by atoms with Crippen molar-refractivity contribution < 1.29 is 18.7 Å². The number of pyridine rings is 1. The Morgan fingerprint density at radius 3 is 2.60 bits per heavy atom. The summed E-state index contributed by atoms with van der Waals surface area (Å²) in [6.07, 6.45) is 6.37. The SMILES string of the molecule is O=C(Nc1cn2nc(-c3c(-c4ccc(F)cc4)ncn3C3CCN(CCO)CC3)ccc2n1)c1ccnc(F)c1. The molecule has 204 valence electrons. The molecule has 1 amide bonds. The van der Waals surface area contributed by atoms with Crippen molar-refractivity contribution in [2.24, 2.45) is 0 Å². The number of hydrogen-bond acceptors (Lipinski definition) is 7. The molecular weight excluding hydrogens is 518 g/mol. The minimum Gasteiger partial charge on any atom is -0.395 e. The van der Waals surface area contributed by atoms with E-state index in [0.29, 0.717) is 23.6 Å². The van der Waals surface area contributed by atoms with Crippen LogP contribution in [-0.2, 0) is 0 Å². The van der Waals surface area contributed by atoms with E-state index in [1.807, 2.05) is 6.07 Å². The molecule has 0 bridgehead atoms. The summed E-state index contributed by atoms with van der Waals surface area (Å²) in [7, 11) is 0. The number of rotatable bonds is 7. The molecule has 0 atom stereocenters. The number of halogens is 2. The fourth-order valence-corrected chi connectivity index (χ4v) is 5.07. The zero-order valence-corrected chi connectivity index (χ0v) is 21.4. The lowest BCUT2D eigenvalue weighted by atomic mass is 10.0. The number of nitrogens with zero attached hydrogens (tertiary/aromatic N) is 7. The largest absolute Gasteiger partial charge is 0.395 e. The average Bonchev–Trinajstić information content (AvgIpc) is 3.58. The van der Waals surface area contributed by atoms with Crippen molar-refractivity contribution in [3.63, 3.8) is 0 Å². The van der Waals surface area contributed by atoms with E-state index in [1.54, 1.807) is 35.2 Å². The standard InChI is InChI=1S/C28H26F2N8O2/c29-20-3-1-18(2-4-20)26-27(37(17-32-26)21-8-11-36(12-9-21)13-14-39)22-5-6-25-33-24(16-38(25)35-22)34-28(40)19-7-10-31-23(30)15-19/h1-7,10,15-17,21,39H,8-9,11-14H2,(H,34,40). The number of imidazole rings is 2. The van der Waals surface area contributed by atoms with Crippen molar-refractivity contribution in [2.75, 3.05) is 31.6 Å². The summed E-state index contributed by atoms with van der Waals surface area (Å²) in [6.45, 7) is 2.49. The monoisotopic (exact) mass is 544 g/mol. The van der Waals surface area contributed by atoms with Crippen LogP contribution in [0.3, 0.4) is 0 Å².